The smallest absolute Gasteiger partial charge is 0.141 e. The summed E-state index contributed by atoms with van der Waals surface area (Å²) in [6.07, 6.45) is 1.20. The van der Waals surface area contributed by atoms with Gasteiger partial charge in [0, 0.05) is 5.69 Å². The first kappa shape index (κ1) is 8.37. The lowest BCUT2D eigenvalue weighted by atomic mass is 10.4. The molecule has 0 spiro atoms. The van der Waals surface area contributed by atoms with Crippen LogP contribution in [0.15, 0.2) is 18.3 Å². The molecule has 50 valence electrons. The molecule has 1 heterocycles. The summed E-state index contributed by atoms with van der Waals surface area (Å²) in [5, 5.41) is 0. The van der Waals surface area contributed by atoms with Gasteiger partial charge in [-0.2, -0.15) is 0 Å². The first-order valence-electron chi connectivity index (χ1n) is 2.37. The highest BCUT2D eigenvalue weighted by Gasteiger charge is 1.84. The van der Waals surface area contributed by atoms with Crippen molar-refractivity contribution in [2.75, 3.05) is 0 Å². The average molecular weight is 148 g/mol. The number of hydrogen-bond acceptors (Lipinski definition) is 1. The van der Waals surface area contributed by atoms with Gasteiger partial charge in [-0.25, -0.2) is 4.39 Å². The van der Waals surface area contributed by atoms with E-state index in [0.717, 1.165) is 5.69 Å². The molecule has 0 aliphatic carbocycles. The fourth-order valence-corrected chi connectivity index (χ4v) is 0.450. The van der Waals surface area contributed by atoms with Crippen LogP contribution in [0.4, 0.5) is 4.39 Å². The van der Waals surface area contributed by atoms with Crippen LogP contribution >= 0.6 is 12.4 Å². The van der Waals surface area contributed by atoms with Crippen LogP contribution < -0.4 is 0 Å². The zero-order chi connectivity index (χ0) is 5.98. The van der Waals surface area contributed by atoms with Crippen molar-refractivity contribution in [2.24, 2.45) is 0 Å². The second-order valence-corrected chi connectivity index (χ2v) is 1.62. The summed E-state index contributed by atoms with van der Waals surface area (Å²) in [6, 6.07) is 3.03. The number of aromatic nitrogens is 1. The highest BCUT2D eigenvalue weighted by atomic mass is 35.5. The predicted octanol–water partition coefficient (Wildman–Crippen LogP) is 1.95. The first-order valence-corrected chi connectivity index (χ1v) is 2.37. The van der Waals surface area contributed by atoms with Crippen LogP contribution in [0.1, 0.15) is 5.69 Å². The lowest BCUT2D eigenvalue weighted by Crippen LogP contribution is -1.79. The zero-order valence-corrected chi connectivity index (χ0v) is 5.78. The first-order chi connectivity index (χ1) is 3.79. The van der Waals surface area contributed by atoms with E-state index >= 15 is 0 Å². The molecule has 0 radical (unpaired) electrons. The molecule has 0 aliphatic rings. The van der Waals surface area contributed by atoms with Crippen LogP contribution in [-0.4, -0.2) is 4.98 Å². The third kappa shape index (κ3) is 2.42. The molecular formula is C6H7ClFN. The highest BCUT2D eigenvalue weighted by molar-refractivity contribution is 5.85. The van der Waals surface area contributed by atoms with Crippen LogP contribution in [0.2, 0.25) is 0 Å². The molecule has 3 heteroatoms. The highest BCUT2D eigenvalue weighted by Crippen LogP contribution is 1.94. The van der Waals surface area contributed by atoms with E-state index in [0.29, 0.717) is 0 Å². The Balaban J connectivity index is 0.000000640. The number of hydrogen-bond donors (Lipinski definition) is 0. The van der Waals surface area contributed by atoms with Gasteiger partial charge in [-0.1, -0.05) is 0 Å². The molecule has 1 aromatic heterocycles. The molecule has 0 fully saturated rings. The average Bonchev–Trinajstić information content (AvgIpc) is 1.77. The molecule has 1 nitrogen and oxygen atoms in total. The molecule has 1 rings (SSSR count). The van der Waals surface area contributed by atoms with Crippen LogP contribution in [0, 0.1) is 12.7 Å². The van der Waals surface area contributed by atoms with E-state index in [-0.39, 0.29) is 18.2 Å². The minimum atomic E-state index is -0.282. The summed E-state index contributed by atoms with van der Waals surface area (Å²) in [6.45, 7) is 1.82. The molecule has 0 saturated carbocycles. The van der Waals surface area contributed by atoms with Crippen molar-refractivity contribution < 1.29 is 4.39 Å². The van der Waals surface area contributed by atoms with Gasteiger partial charge in [-0.3, -0.25) is 4.98 Å². The fourth-order valence-electron chi connectivity index (χ4n) is 0.450. The lowest BCUT2D eigenvalue weighted by Gasteiger charge is -1.86. The lowest BCUT2D eigenvalue weighted by molar-refractivity contribution is 0.620. The maximum Gasteiger partial charge on any atom is 0.141 e. The zero-order valence-electron chi connectivity index (χ0n) is 4.97. The van der Waals surface area contributed by atoms with Crippen molar-refractivity contribution in [3.05, 3.63) is 29.8 Å². The second kappa shape index (κ2) is 3.41. The molecule has 1 aromatic rings. The van der Waals surface area contributed by atoms with Gasteiger partial charge in [0.25, 0.3) is 0 Å². The molecule has 0 aromatic carbocycles. The van der Waals surface area contributed by atoms with Crippen LogP contribution in [0.5, 0.6) is 0 Å². The summed E-state index contributed by atoms with van der Waals surface area (Å²) in [5.74, 6) is -0.282. The number of halogens is 2. The van der Waals surface area contributed by atoms with Crippen LogP contribution in [0.25, 0.3) is 0 Å². The van der Waals surface area contributed by atoms with Gasteiger partial charge in [0.05, 0.1) is 6.20 Å². The molecule has 0 unspecified atom stereocenters. The van der Waals surface area contributed by atoms with Gasteiger partial charge >= 0.3 is 0 Å². The Hall–Kier alpha value is -0.630. The Morgan fingerprint density at radius 1 is 1.44 bits per heavy atom. The maximum absolute atomic E-state index is 12.0. The van der Waals surface area contributed by atoms with Gasteiger partial charge in [0.15, 0.2) is 0 Å². The van der Waals surface area contributed by atoms with Gasteiger partial charge in [-0.15, -0.1) is 12.4 Å². The quantitative estimate of drug-likeness (QED) is 0.547. The van der Waals surface area contributed by atoms with E-state index in [4.69, 9.17) is 0 Å². The molecule has 0 atom stereocenters. The Morgan fingerprint density at radius 2 is 2.11 bits per heavy atom. The normalized spacial score (nSPS) is 8.22. The Labute approximate surface area is 59.3 Å². The van der Waals surface area contributed by atoms with Crippen LogP contribution in [0.3, 0.4) is 0 Å². The number of rotatable bonds is 0. The molecule has 0 bridgehead atoms. The van der Waals surface area contributed by atoms with Crippen LogP contribution in [-0.2, 0) is 0 Å². The SMILES string of the molecule is Cc1ccc(F)cn1.Cl. The van der Waals surface area contributed by atoms with E-state index < -0.39 is 0 Å². The van der Waals surface area contributed by atoms with Crippen molar-refractivity contribution >= 4 is 12.4 Å². The topological polar surface area (TPSA) is 12.9 Å². The summed E-state index contributed by atoms with van der Waals surface area (Å²) < 4.78 is 12.0. The fraction of sp³-hybridized carbons (Fsp3) is 0.167. The Bertz CT molecular complexity index is 152. The monoisotopic (exact) mass is 147 g/mol. The number of pyridine rings is 1. The largest absolute Gasteiger partial charge is 0.259 e. The third-order valence-electron chi connectivity index (χ3n) is 0.875. The molecule has 0 aliphatic heterocycles. The van der Waals surface area contributed by atoms with E-state index in [9.17, 15) is 4.39 Å². The predicted molar refractivity (Wildman–Crippen MR) is 36.2 cm³/mol. The molecule has 0 saturated heterocycles. The summed E-state index contributed by atoms with van der Waals surface area (Å²) in [5.41, 5.74) is 0.839. The van der Waals surface area contributed by atoms with Crippen molar-refractivity contribution in [3.63, 3.8) is 0 Å². The van der Waals surface area contributed by atoms with Crippen molar-refractivity contribution in [3.8, 4) is 0 Å². The van der Waals surface area contributed by atoms with Gasteiger partial charge in [0.2, 0.25) is 0 Å². The standard InChI is InChI=1S/C6H6FN.ClH/c1-5-2-3-6(7)4-8-5;/h2-4H,1H3;1H. The van der Waals surface area contributed by atoms with Crippen molar-refractivity contribution in [1.29, 1.82) is 0 Å². The minimum Gasteiger partial charge on any atom is -0.259 e. The van der Waals surface area contributed by atoms with Gasteiger partial charge in [0.1, 0.15) is 5.82 Å². The van der Waals surface area contributed by atoms with E-state index in [1.165, 1.54) is 12.3 Å². The summed E-state index contributed by atoms with van der Waals surface area (Å²) >= 11 is 0. The van der Waals surface area contributed by atoms with Gasteiger partial charge in [-0.05, 0) is 19.1 Å². The molecule has 0 amide bonds. The molecule has 0 N–H and O–H groups in total. The van der Waals surface area contributed by atoms with E-state index in [2.05, 4.69) is 4.98 Å². The van der Waals surface area contributed by atoms with E-state index in [1.54, 1.807) is 6.07 Å². The number of aryl methyl sites for hydroxylation is 1. The Kier molecular flexibility index (Phi) is 3.17. The molecule has 9 heavy (non-hydrogen) atoms. The van der Waals surface area contributed by atoms with Crippen molar-refractivity contribution in [2.45, 2.75) is 6.92 Å². The Morgan fingerprint density at radius 3 is 2.44 bits per heavy atom. The molecular weight excluding hydrogens is 141 g/mol. The van der Waals surface area contributed by atoms with Gasteiger partial charge < -0.3 is 0 Å². The maximum atomic E-state index is 12.0. The third-order valence-corrected chi connectivity index (χ3v) is 0.875. The summed E-state index contributed by atoms with van der Waals surface area (Å²) in [4.78, 5) is 3.70. The van der Waals surface area contributed by atoms with Crippen molar-refractivity contribution in [1.82, 2.24) is 4.98 Å². The minimum absolute atomic E-state index is 0. The number of nitrogens with zero attached hydrogens (tertiary/aromatic N) is 1. The van der Waals surface area contributed by atoms with E-state index in [1.807, 2.05) is 6.92 Å². The summed E-state index contributed by atoms with van der Waals surface area (Å²) in [7, 11) is 0. The second-order valence-electron chi connectivity index (χ2n) is 1.62.